The monoisotopic (exact) mass is 333 g/mol. The second-order valence-corrected chi connectivity index (χ2v) is 5.51. The molecule has 5 heteroatoms. The molecule has 25 heavy (non-hydrogen) atoms. The summed E-state index contributed by atoms with van der Waals surface area (Å²) in [5.74, 6) is 0.532. The van der Waals surface area contributed by atoms with E-state index in [1.165, 1.54) is 16.8 Å². The van der Waals surface area contributed by atoms with E-state index < -0.39 is 0 Å². The number of anilines is 1. The molecule has 0 spiro atoms. The molecule has 3 rings (SSSR count). The van der Waals surface area contributed by atoms with E-state index in [9.17, 15) is 4.79 Å². The Hall–Kier alpha value is -3.34. The second-order valence-electron chi connectivity index (χ2n) is 5.51. The lowest BCUT2D eigenvalue weighted by Gasteiger charge is -2.11. The number of aromatic nitrogens is 1. The maximum Gasteiger partial charge on any atom is 0.258 e. The molecule has 1 aromatic heterocycles. The van der Waals surface area contributed by atoms with E-state index in [2.05, 4.69) is 5.32 Å². The molecule has 0 radical (unpaired) electrons. The first-order valence-electron chi connectivity index (χ1n) is 7.93. The molecule has 0 saturated carbocycles. The highest BCUT2D eigenvalue weighted by Gasteiger charge is 2.05. The van der Waals surface area contributed by atoms with Gasteiger partial charge in [-0.05, 0) is 29.8 Å². The fourth-order valence-electron chi connectivity index (χ4n) is 2.55. The van der Waals surface area contributed by atoms with E-state index in [1.807, 2.05) is 42.5 Å². The molecular weight excluding hydrogens is 314 g/mol. The third-order valence-corrected chi connectivity index (χ3v) is 3.88. The normalized spacial score (nSPS) is 10.3. The summed E-state index contributed by atoms with van der Waals surface area (Å²) in [4.78, 5) is 12.4. The third kappa shape index (κ3) is 3.77. The van der Waals surface area contributed by atoms with Crippen LogP contribution in [-0.4, -0.2) is 17.8 Å². The van der Waals surface area contributed by atoms with Gasteiger partial charge in [0.05, 0.1) is 0 Å². The Morgan fingerprint density at radius 2 is 1.92 bits per heavy atom. The van der Waals surface area contributed by atoms with Crippen LogP contribution in [0.4, 0.5) is 5.69 Å². The average Bonchev–Trinajstić information content (AvgIpc) is 2.66. The number of rotatable bonds is 6. The molecule has 0 aliphatic rings. The van der Waals surface area contributed by atoms with Gasteiger partial charge in [-0.2, -0.15) is 0 Å². The predicted octanol–water partition coefficient (Wildman–Crippen LogP) is 3.46. The first-order chi connectivity index (χ1) is 12.2. The Balaban J connectivity index is 1.82. The zero-order valence-corrected chi connectivity index (χ0v) is 13.9. The number of benzene rings is 2. The van der Waals surface area contributed by atoms with E-state index in [-0.39, 0.29) is 5.56 Å². The standard InChI is InChI=1S/C20H19N3O2/c1-22-19-8-7-17(11-16(19)13-21)23-10-9-18(12-20(23)24)25-14-15-5-3-2-4-6-15/h2-13,21-22H,14H2,1H3. The number of ether oxygens (including phenoxy) is 1. The minimum Gasteiger partial charge on any atom is -0.489 e. The number of nitrogens with zero attached hydrogens (tertiary/aromatic N) is 1. The molecule has 0 fully saturated rings. The van der Waals surface area contributed by atoms with Crippen molar-refractivity contribution in [2.45, 2.75) is 6.61 Å². The van der Waals surface area contributed by atoms with Gasteiger partial charge in [-0.1, -0.05) is 30.3 Å². The van der Waals surface area contributed by atoms with Crippen LogP contribution in [0, 0.1) is 5.41 Å². The van der Waals surface area contributed by atoms with E-state index in [4.69, 9.17) is 10.1 Å². The molecule has 126 valence electrons. The van der Waals surface area contributed by atoms with Crippen molar-refractivity contribution in [3.8, 4) is 11.4 Å². The summed E-state index contributed by atoms with van der Waals surface area (Å²) in [6.07, 6.45) is 2.95. The summed E-state index contributed by atoms with van der Waals surface area (Å²) in [7, 11) is 1.80. The van der Waals surface area contributed by atoms with E-state index >= 15 is 0 Å². The molecule has 0 saturated heterocycles. The van der Waals surface area contributed by atoms with Gasteiger partial charge in [-0.3, -0.25) is 9.36 Å². The van der Waals surface area contributed by atoms with Crippen LogP contribution >= 0.6 is 0 Å². The van der Waals surface area contributed by atoms with Crippen molar-refractivity contribution >= 4 is 11.9 Å². The zero-order valence-electron chi connectivity index (χ0n) is 13.9. The Kier molecular flexibility index (Phi) is 4.95. The Morgan fingerprint density at radius 1 is 1.12 bits per heavy atom. The van der Waals surface area contributed by atoms with Crippen LogP contribution in [0.5, 0.6) is 5.75 Å². The van der Waals surface area contributed by atoms with Crippen molar-refractivity contribution in [1.82, 2.24) is 4.57 Å². The fraction of sp³-hybridized carbons (Fsp3) is 0.100. The smallest absolute Gasteiger partial charge is 0.258 e. The van der Waals surface area contributed by atoms with E-state index in [1.54, 1.807) is 25.4 Å². The molecule has 0 aliphatic carbocycles. The third-order valence-electron chi connectivity index (χ3n) is 3.88. The molecule has 0 atom stereocenters. The summed E-state index contributed by atoms with van der Waals surface area (Å²) < 4.78 is 7.22. The van der Waals surface area contributed by atoms with Crippen LogP contribution < -0.4 is 15.6 Å². The van der Waals surface area contributed by atoms with Crippen LogP contribution in [0.1, 0.15) is 11.1 Å². The minimum atomic E-state index is -0.182. The molecule has 0 unspecified atom stereocenters. The molecular formula is C20H19N3O2. The number of nitrogens with one attached hydrogen (secondary N) is 2. The molecule has 0 bridgehead atoms. The molecule has 2 aromatic carbocycles. The lowest BCUT2D eigenvalue weighted by Crippen LogP contribution is -2.17. The van der Waals surface area contributed by atoms with Crippen molar-refractivity contribution < 1.29 is 4.74 Å². The van der Waals surface area contributed by atoms with E-state index in [0.29, 0.717) is 18.0 Å². The average molecular weight is 333 g/mol. The zero-order chi connectivity index (χ0) is 17.6. The first kappa shape index (κ1) is 16.5. The predicted molar refractivity (Wildman–Crippen MR) is 100 cm³/mol. The highest BCUT2D eigenvalue weighted by atomic mass is 16.5. The van der Waals surface area contributed by atoms with Crippen molar-refractivity contribution in [3.05, 3.63) is 88.3 Å². The second kappa shape index (κ2) is 7.49. The maximum absolute atomic E-state index is 12.4. The summed E-state index contributed by atoms with van der Waals surface area (Å²) >= 11 is 0. The van der Waals surface area contributed by atoms with Crippen molar-refractivity contribution in [2.24, 2.45) is 0 Å². The summed E-state index contributed by atoms with van der Waals surface area (Å²) in [5, 5.41) is 10.5. The van der Waals surface area contributed by atoms with Gasteiger partial charge in [0.15, 0.2) is 0 Å². The van der Waals surface area contributed by atoms with Crippen LogP contribution in [-0.2, 0) is 6.61 Å². The van der Waals surface area contributed by atoms with Gasteiger partial charge >= 0.3 is 0 Å². The number of hydrogen-bond donors (Lipinski definition) is 2. The quantitative estimate of drug-likeness (QED) is 0.679. The van der Waals surface area contributed by atoms with Gasteiger partial charge in [0.25, 0.3) is 5.56 Å². The highest BCUT2D eigenvalue weighted by Crippen LogP contribution is 2.18. The van der Waals surface area contributed by atoms with E-state index in [0.717, 1.165) is 16.8 Å². The fourth-order valence-corrected chi connectivity index (χ4v) is 2.55. The van der Waals surface area contributed by atoms with Gasteiger partial charge in [0.2, 0.25) is 0 Å². The number of hydrogen-bond acceptors (Lipinski definition) is 4. The lowest BCUT2D eigenvalue weighted by atomic mass is 10.1. The van der Waals surface area contributed by atoms with Crippen molar-refractivity contribution in [2.75, 3.05) is 12.4 Å². The molecule has 1 heterocycles. The maximum atomic E-state index is 12.4. The minimum absolute atomic E-state index is 0.182. The van der Waals surface area contributed by atoms with Gasteiger partial charge in [-0.15, -0.1) is 0 Å². The molecule has 0 aliphatic heterocycles. The SMILES string of the molecule is CNc1ccc(-n2ccc(OCc3ccccc3)cc2=O)cc1C=N. The van der Waals surface area contributed by atoms with Gasteiger partial charge < -0.3 is 15.5 Å². The lowest BCUT2D eigenvalue weighted by molar-refractivity contribution is 0.305. The van der Waals surface area contributed by atoms with Crippen molar-refractivity contribution in [3.63, 3.8) is 0 Å². The van der Waals surface area contributed by atoms with Gasteiger partial charge in [0, 0.05) is 42.5 Å². The topological polar surface area (TPSA) is 67.1 Å². The largest absolute Gasteiger partial charge is 0.489 e. The van der Waals surface area contributed by atoms with Gasteiger partial charge in [-0.25, -0.2) is 0 Å². The Labute approximate surface area is 146 Å². The molecule has 5 nitrogen and oxygen atoms in total. The summed E-state index contributed by atoms with van der Waals surface area (Å²) in [6, 6.07) is 18.5. The number of pyridine rings is 1. The Bertz CT molecular complexity index is 933. The molecule has 0 amide bonds. The van der Waals surface area contributed by atoms with Crippen LogP contribution in [0.3, 0.4) is 0 Å². The van der Waals surface area contributed by atoms with Crippen LogP contribution in [0.15, 0.2) is 71.7 Å². The highest BCUT2D eigenvalue weighted by molar-refractivity contribution is 5.86. The Morgan fingerprint density at radius 3 is 2.60 bits per heavy atom. The first-order valence-corrected chi connectivity index (χ1v) is 7.93. The van der Waals surface area contributed by atoms with Gasteiger partial charge in [0.1, 0.15) is 12.4 Å². The summed E-state index contributed by atoms with van der Waals surface area (Å²) in [6.45, 7) is 0.416. The molecule has 3 aromatic rings. The molecule has 2 N–H and O–H groups in total. The van der Waals surface area contributed by atoms with Crippen LogP contribution in [0.25, 0.3) is 5.69 Å². The summed E-state index contributed by atoms with van der Waals surface area (Å²) in [5.41, 5.74) is 3.13. The van der Waals surface area contributed by atoms with Crippen molar-refractivity contribution in [1.29, 1.82) is 5.41 Å². The van der Waals surface area contributed by atoms with Crippen LogP contribution in [0.2, 0.25) is 0 Å².